The van der Waals surface area contributed by atoms with Gasteiger partial charge in [-0.3, -0.25) is 9.52 Å². The van der Waals surface area contributed by atoms with Gasteiger partial charge >= 0.3 is 0 Å². The van der Waals surface area contributed by atoms with Gasteiger partial charge in [0.25, 0.3) is 15.9 Å². The second kappa shape index (κ2) is 8.45. The van der Waals surface area contributed by atoms with Crippen LogP contribution < -0.4 is 10.0 Å². The van der Waals surface area contributed by atoms with Gasteiger partial charge < -0.3 is 5.32 Å². The molecule has 5 nitrogen and oxygen atoms in total. The Labute approximate surface area is 179 Å². The van der Waals surface area contributed by atoms with Crippen molar-refractivity contribution in [2.45, 2.75) is 25.7 Å². The maximum absolute atomic E-state index is 14.6. The molecule has 0 aliphatic carbocycles. The molecule has 8 heteroatoms. The van der Waals surface area contributed by atoms with E-state index in [9.17, 15) is 17.6 Å². The maximum Gasteiger partial charge on any atom is 0.262 e. The lowest BCUT2D eigenvalue weighted by Crippen LogP contribution is -2.16. The first-order chi connectivity index (χ1) is 14.1. The van der Waals surface area contributed by atoms with Crippen LogP contribution in [0.3, 0.4) is 0 Å². The van der Waals surface area contributed by atoms with Crippen LogP contribution >= 0.6 is 11.6 Å². The van der Waals surface area contributed by atoms with Crippen LogP contribution in [0.25, 0.3) is 0 Å². The molecule has 0 saturated heterocycles. The van der Waals surface area contributed by atoms with Crippen molar-refractivity contribution in [3.63, 3.8) is 0 Å². The molecule has 3 aromatic rings. The first-order valence-electron chi connectivity index (χ1n) is 9.04. The summed E-state index contributed by atoms with van der Waals surface area (Å²) in [6.45, 7) is 5.52. The van der Waals surface area contributed by atoms with Crippen LogP contribution in [0.15, 0.2) is 59.5 Å². The number of anilines is 2. The highest BCUT2D eigenvalue weighted by molar-refractivity contribution is 7.92. The molecule has 0 aliphatic heterocycles. The zero-order chi connectivity index (χ0) is 22.1. The fourth-order valence-electron chi connectivity index (χ4n) is 3.12. The third kappa shape index (κ3) is 4.80. The van der Waals surface area contributed by atoms with Crippen molar-refractivity contribution in [2.75, 3.05) is 10.0 Å². The Morgan fingerprint density at radius 3 is 2.23 bits per heavy atom. The van der Waals surface area contributed by atoms with Crippen molar-refractivity contribution in [1.82, 2.24) is 0 Å². The van der Waals surface area contributed by atoms with E-state index in [1.807, 2.05) is 19.1 Å². The average Bonchev–Trinajstić information content (AvgIpc) is 2.66. The van der Waals surface area contributed by atoms with Gasteiger partial charge in [0.2, 0.25) is 0 Å². The van der Waals surface area contributed by atoms with Gasteiger partial charge in [0.15, 0.2) is 0 Å². The predicted octanol–water partition coefficient (Wildman–Crippen LogP) is 5.46. The largest absolute Gasteiger partial charge is 0.319 e. The zero-order valence-corrected chi connectivity index (χ0v) is 18.2. The predicted molar refractivity (Wildman–Crippen MR) is 117 cm³/mol. The van der Waals surface area contributed by atoms with E-state index in [4.69, 9.17) is 11.6 Å². The molecule has 30 heavy (non-hydrogen) atoms. The van der Waals surface area contributed by atoms with Crippen LogP contribution in [0, 0.1) is 26.6 Å². The summed E-state index contributed by atoms with van der Waals surface area (Å²) < 4.78 is 42.6. The minimum atomic E-state index is -4.02. The van der Waals surface area contributed by atoms with Crippen molar-refractivity contribution in [3.8, 4) is 0 Å². The topological polar surface area (TPSA) is 75.3 Å². The fourth-order valence-corrected chi connectivity index (χ4v) is 4.53. The van der Waals surface area contributed by atoms with Gasteiger partial charge in [-0.1, -0.05) is 35.4 Å². The monoisotopic (exact) mass is 446 g/mol. The summed E-state index contributed by atoms with van der Waals surface area (Å²) >= 11 is 5.86. The molecule has 0 heterocycles. The van der Waals surface area contributed by atoms with Crippen LogP contribution in [0.4, 0.5) is 15.8 Å². The number of halogens is 2. The van der Waals surface area contributed by atoms with Crippen LogP contribution in [0.1, 0.15) is 27.0 Å². The van der Waals surface area contributed by atoms with E-state index in [0.29, 0.717) is 10.7 Å². The molecular weight excluding hydrogens is 427 g/mol. The maximum atomic E-state index is 14.6. The van der Waals surface area contributed by atoms with Crippen LogP contribution in [-0.2, 0) is 10.0 Å². The number of aryl methyl sites for hydroxylation is 3. The Hall–Kier alpha value is -2.90. The Morgan fingerprint density at radius 1 is 0.967 bits per heavy atom. The molecule has 0 aliphatic rings. The van der Waals surface area contributed by atoms with Gasteiger partial charge in [0, 0.05) is 10.6 Å². The molecule has 156 valence electrons. The number of hydrogen-bond donors (Lipinski definition) is 2. The van der Waals surface area contributed by atoms with Crippen LogP contribution in [0.5, 0.6) is 0 Å². The van der Waals surface area contributed by atoms with E-state index in [0.717, 1.165) is 22.8 Å². The normalized spacial score (nSPS) is 11.2. The summed E-state index contributed by atoms with van der Waals surface area (Å²) in [5.41, 5.74) is 3.12. The highest BCUT2D eigenvalue weighted by Crippen LogP contribution is 2.27. The van der Waals surface area contributed by atoms with E-state index in [1.54, 1.807) is 26.0 Å². The zero-order valence-electron chi connectivity index (χ0n) is 16.6. The van der Waals surface area contributed by atoms with Crippen molar-refractivity contribution in [3.05, 3.63) is 87.7 Å². The van der Waals surface area contributed by atoms with Crippen LogP contribution in [0.2, 0.25) is 5.02 Å². The number of nitrogens with one attached hydrogen (secondary N) is 2. The molecule has 0 radical (unpaired) electrons. The Bertz CT molecular complexity index is 1220. The third-order valence-electron chi connectivity index (χ3n) is 4.50. The molecular formula is C22H20ClFN2O3S. The number of amides is 1. The molecule has 2 N–H and O–H groups in total. The minimum absolute atomic E-state index is 0.137. The summed E-state index contributed by atoms with van der Waals surface area (Å²) in [6, 6.07) is 13.2. The van der Waals surface area contributed by atoms with Crippen molar-refractivity contribution in [2.24, 2.45) is 0 Å². The molecule has 0 unspecified atom stereocenters. The van der Waals surface area contributed by atoms with Crippen molar-refractivity contribution in [1.29, 1.82) is 0 Å². The van der Waals surface area contributed by atoms with E-state index in [1.165, 1.54) is 24.3 Å². The lowest BCUT2D eigenvalue weighted by molar-refractivity contribution is 0.102. The quantitative estimate of drug-likeness (QED) is 0.546. The first-order valence-corrected chi connectivity index (χ1v) is 10.9. The molecule has 0 spiro atoms. The number of benzene rings is 3. The smallest absolute Gasteiger partial charge is 0.262 e. The Morgan fingerprint density at radius 2 is 1.63 bits per heavy atom. The molecule has 3 rings (SSSR count). The number of hydrogen-bond acceptors (Lipinski definition) is 3. The third-order valence-corrected chi connectivity index (χ3v) is 6.08. The Balaban J connectivity index is 1.84. The molecule has 0 fully saturated rings. The van der Waals surface area contributed by atoms with E-state index in [-0.39, 0.29) is 16.1 Å². The molecule has 1 amide bonds. The molecule has 0 aromatic heterocycles. The fraction of sp³-hybridized carbons (Fsp3) is 0.136. The lowest BCUT2D eigenvalue weighted by Gasteiger charge is -2.15. The molecule has 3 aromatic carbocycles. The first kappa shape index (κ1) is 21.8. The molecule has 0 atom stereocenters. The van der Waals surface area contributed by atoms with Gasteiger partial charge in [0.1, 0.15) is 5.82 Å². The molecule has 0 saturated carbocycles. The second-order valence-electron chi connectivity index (χ2n) is 6.99. The second-order valence-corrected chi connectivity index (χ2v) is 9.10. The van der Waals surface area contributed by atoms with E-state index < -0.39 is 21.7 Å². The summed E-state index contributed by atoms with van der Waals surface area (Å²) in [5, 5.41) is 2.79. The summed E-state index contributed by atoms with van der Waals surface area (Å²) in [6.07, 6.45) is 0. The van der Waals surface area contributed by atoms with E-state index >= 15 is 0 Å². The van der Waals surface area contributed by atoms with Gasteiger partial charge in [-0.25, -0.2) is 12.8 Å². The number of sulfonamides is 1. The lowest BCUT2D eigenvalue weighted by atomic mass is 10.1. The van der Waals surface area contributed by atoms with Gasteiger partial charge in [-0.05, 0) is 68.3 Å². The van der Waals surface area contributed by atoms with Gasteiger partial charge in [-0.15, -0.1) is 0 Å². The highest BCUT2D eigenvalue weighted by atomic mass is 35.5. The molecule has 0 bridgehead atoms. The Kier molecular flexibility index (Phi) is 6.14. The summed E-state index contributed by atoms with van der Waals surface area (Å²) in [7, 11) is -4.02. The standard InChI is InChI=1S/C22H20ClFN2O3S/c1-13-9-14(2)21(15(3)10-13)26-30(28,29)18-7-8-20(19(24)12-18)25-22(27)16-5-4-6-17(23)11-16/h4-12,26H,1-3H3,(H,25,27). The van der Waals surface area contributed by atoms with Crippen molar-refractivity contribution < 1.29 is 17.6 Å². The number of carbonyl (C=O) groups is 1. The summed E-state index contributed by atoms with van der Waals surface area (Å²) in [4.78, 5) is 12.0. The van der Waals surface area contributed by atoms with Crippen molar-refractivity contribution >= 4 is 38.9 Å². The van der Waals surface area contributed by atoms with E-state index in [2.05, 4.69) is 10.0 Å². The minimum Gasteiger partial charge on any atom is -0.319 e. The average molecular weight is 447 g/mol. The summed E-state index contributed by atoms with van der Waals surface area (Å²) in [5.74, 6) is -1.43. The SMILES string of the molecule is Cc1cc(C)c(NS(=O)(=O)c2ccc(NC(=O)c3cccc(Cl)c3)c(F)c2)c(C)c1. The van der Waals surface area contributed by atoms with Crippen LogP contribution in [-0.4, -0.2) is 14.3 Å². The highest BCUT2D eigenvalue weighted by Gasteiger charge is 2.19. The van der Waals surface area contributed by atoms with Gasteiger partial charge in [-0.2, -0.15) is 0 Å². The van der Waals surface area contributed by atoms with Gasteiger partial charge in [0.05, 0.1) is 16.3 Å². The number of rotatable bonds is 5. The number of carbonyl (C=O) groups excluding carboxylic acids is 1.